The molecule has 3 nitrogen and oxygen atoms in total. The van der Waals surface area contributed by atoms with Crippen molar-refractivity contribution < 1.29 is 0 Å². The molecule has 0 unspecified atom stereocenters. The number of aromatic nitrogens is 1. The van der Waals surface area contributed by atoms with Gasteiger partial charge in [0.05, 0.1) is 4.70 Å². The Morgan fingerprint density at radius 2 is 2.28 bits per heavy atom. The third-order valence-electron chi connectivity index (χ3n) is 3.63. The lowest BCUT2D eigenvalue weighted by molar-refractivity contribution is 0.403. The van der Waals surface area contributed by atoms with Gasteiger partial charge >= 0.3 is 0 Å². The Morgan fingerprint density at radius 3 is 3.11 bits per heavy atom. The minimum atomic E-state index is 0.615. The lowest BCUT2D eigenvalue weighted by Gasteiger charge is -2.28. The largest absolute Gasteiger partial charge is 0.357 e. The highest BCUT2D eigenvalue weighted by molar-refractivity contribution is 7.13. The van der Waals surface area contributed by atoms with Crippen LogP contribution in [0.5, 0.6) is 0 Å². The smallest absolute Gasteiger partial charge is 0.149 e. The number of likely N-dealkylation sites (N-methyl/N-ethyl adjacent to an activating group) is 1. The Balaban J connectivity index is 1.76. The summed E-state index contributed by atoms with van der Waals surface area (Å²) in [5, 5.41) is 4.87. The first-order valence-corrected chi connectivity index (χ1v) is 7.41. The van der Waals surface area contributed by atoms with Gasteiger partial charge in [-0.05, 0) is 43.1 Å². The first kappa shape index (κ1) is 11.9. The lowest BCUT2D eigenvalue weighted by atomic mass is 10.0. The van der Waals surface area contributed by atoms with Crippen LogP contribution in [-0.2, 0) is 0 Å². The maximum Gasteiger partial charge on any atom is 0.149 e. The molecule has 1 aromatic heterocycles. The van der Waals surface area contributed by atoms with E-state index in [0.717, 1.165) is 18.9 Å². The third kappa shape index (κ3) is 2.35. The number of anilines is 1. The Kier molecular flexibility index (Phi) is 3.48. The molecule has 1 saturated heterocycles. The van der Waals surface area contributed by atoms with Gasteiger partial charge in [0.2, 0.25) is 0 Å². The van der Waals surface area contributed by atoms with E-state index in [4.69, 9.17) is 0 Å². The van der Waals surface area contributed by atoms with Crippen LogP contribution in [0.4, 0.5) is 5.82 Å². The summed E-state index contributed by atoms with van der Waals surface area (Å²) in [5.41, 5.74) is 0. The molecule has 1 N–H and O–H groups in total. The van der Waals surface area contributed by atoms with Crippen LogP contribution >= 0.6 is 11.5 Å². The van der Waals surface area contributed by atoms with Crippen molar-refractivity contribution in [3.8, 4) is 0 Å². The molecule has 18 heavy (non-hydrogen) atoms. The van der Waals surface area contributed by atoms with Gasteiger partial charge in [-0.2, -0.15) is 4.37 Å². The zero-order valence-electron chi connectivity index (χ0n) is 10.7. The van der Waals surface area contributed by atoms with Crippen LogP contribution < -0.4 is 10.2 Å². The molecule has 0 spiro atoms. The van der Waals surface area contributed by atoms with Crippen LogP contribution in [0.15, 0.2) is 24.3 Å². The Labute approximate surface area is 112 Å². The lowest BCUT2D eigenvalue weighted by Crippen LogP contribution is -2.42. The molecule has 3 rings (SSSR count). The number of benzene rings is 1. The van der Waals surface area contributed by atoms with Crippen LogP contribution in [0.1, 0.15) is 19.3 Å². The molecule has 1 aromatic carbocycles. The molecule has 0 aliphatic carbocycles. The van der Waals surface area contributed by atoms with Gasteiger partial charge in [-0.1, -0.05) is 18.6 Å². The average molecular weight is 261 g/mol. The summed E-state index contributed by atoms with van der Waals surface area (Å²) in [6, 6.07) is 9.09. The standard InChI is InChI=1S/C14H19N3S/c1-17(10-11-6-4-5-9-15-11)14-12-7-2-3-8-13(12)18-16-14/h2-3,7-8,11,15H,4-6,9-10H2,1H3/t11-/m0/s1. The van der Waals surface area contributed by atoms with Gasteiger partial charge in [0.25, 0.3) is 0 Å². The molecule has 4 heteroatoms. The maximum absolute atomic E-state index is 4.60. The number of rotatable bonds is 3. The number of hydrogen-bond donors (Lipinski definition) is 1. The molecular formula is C14H19N3S. The zero-order chi connectivity index (χ0) is 12.4. The molecule has 1 aliphatic rings. The third-order valence-corrected chi connectivity index (χ3v) is 4.44. The van der Waals surface area contributed by atoms with Crippen molar-refractivity contribution in [3.63, 3.8) is 0 Å². The fraction of sp³-hybridized carbons (Fsp3) is 0.500. The minimum absolute atomic E-state index is 0.615. The van der Waals surface area contributed by atoms with Crippen molar-refractivity contribution in [3.05, 3.63) is 24.3 Å². The van der Waals surface area contributed by atoms with E-state index in [-0.39, 0.29) is 0 Å². The number of hydrogen-bond acceptors (Lipinski definition) is 4. The number of fused-ring (bicyclic) bond motifs is 1. The SMILES string of the molecule is CN(C[C@@H]1CCCCN1)c1nsc2ccccc12. The van der Waals surface area contributed by atoms with E-state index in [9.17, 15) is 0 Å². The van der Waals surface area contributed by atoms with Crippen molar-refractivity contribution in [2.75, 3.05) is 25.0 Å². The van der Waals surface area contributed by atoms with E-state index in [1.807, 2.05) is 0 Å². The van der Waals surface area contributed by atoms with E-state index < -0.39 is 0 Å². The van der Waals surface area contributed by atoms with E-state index in [0.29, 0.717) is 6.04 Å². The van der Waals surface area contributed by atoms with Gasteiger partial charge in [-0.25, -0.2) is 0 Å². The Morgan fingerprint density at radius 1 is 1.39 bits per heavy atom. The van der Waals surface area contributed by atoms with Crippen LogP contribution in [0.25, 0.3) is 10.1 Å². The highest BCUT2D eigenvalue weighted by Crippen LogP contribution is 2.28. The highest BCUT2D eigenvalue weighted by atomic mass is 32.1. The van der Waals surface area contributed by atoms with E-state index in [1.54, 1.807) is 11.5 Å². The predicted octanol–water partition coefficient (Wildman–Crippen LogP) is 2.87. The zero-order valence-corrected chi connectivity index (χ0v) is 11.5. The van der Waals surface area contributed by atoms with Gasteiger partial charge in [-0.3, -0.25) is 0 Å². The number of piperidine rings is 1. The van der Waals surface area contributed by atoms with Gasteiger partial charge in [-0.15, -0.1) is 0 Å². The molecule has 0 amide bonds. The monoisotopic (exact) mass is 261 g/mol. The number of nitrogens with zero attached hydrogens (tertiary/aromatic N) is 2. The summed E-state index contributed by atoms with van der Waals surface area (Å²) in [6.45, 7) is 2.21. The second-order valence-electron chi connectivity index (χ2n) is 5.03. The van der Waals surface area contributed by atoms with Crippen LogP contribution in [0.2, 0.25) is 0 Å². The molecule has 2 aromatic rings. The molecular weight excluding hydrogens is 242 g/mol. The normalized spacial score (nSPS) is 20.2. The van der Waals surface area contributed by atoms with Crippen LogP contribution in [0, 0.1) is 0 Å². The van der Waals surface area contributed by atoms with Gasteiger partial charge < -0.3 is 10.2 Å². The van der Waals surface area contributed by atoms with E-state index in [1.165, 1.54) is 29.3 Å². The highest BCUT2D eigenvalue weighted by Gasteiger charge is 2.17. The molecule has 0 bridgehead atoms. The van der Waals surface area contributed by atoms with E-state index >= 15 is 0 Å². The summed E-state index contributed by atoms with van der Waals surface area (Å²) >= 11 is 1.59. The summed E-state index contributed by atoms with van der Waals surface area (Å²) < 4.78 is 5.87. The van der Waals surface area contributed by atoms with Crippen molar-refractivity contribution in [1.82, 2.24) is 9.69 Å². The molecule has 0 radical (unpaired) electrons. The summed E-state index contributed by atoms with van der Waals surface area (Å²) in [6.07, 6.45) is 3.95. The predicted molar refractivity (Wildman–Crippen MR) is 78.5 cm³/mol. The van der Waals surface area contributed by atoms with Crippen LogP contribution in [0.3, 0.4) is 0 Å². The van der Waals surface area contributed by atoms with Crippen molar-refractivity contribution in [1.29, 1.82) is 0 Å². The molecule has 0 saturated carbocycles. The van der Waals surface area contributed by atoms with Gasteiger partial charge in [0, 0.05) is 25.0 Å². The van der Waals surface area contributed by atoms with Gasteiger partial charge in [0.15, 0.2) is 0 Å². The molecule has 1 atom stereocenters. The molecule has 96 valence electrons. The fourth-order valence-electron chi connectivity index (χ4n) is 2.64. The average Bonchev–Trinajstić information content (AvgIpc) is 2.84. The molecule has 2 heterocycles. The van der Waals surface area contributed by atoms with Crippen molar-refractivity contribution >= 4 is 27.4 Å². The van der Waals surface area contributed by atoms with E-state index in [2.05, 4.69) is 45.9 Å². The maximum atomic E-state index is 4.60. The first-order chi connectivity index (χ1) is 8.84. The topological polar surface area (TPSA) is 28.2 Å². The second-order valence-corrected chi connectivity index (χ2v) is 5.83. The van der Waals surface area contributed by atoms with Crippen molar-refractivity contribution in [2.45, 2.75) is 25.3 Å². The first-order valence-electron chi connectivity index (χ1n) is 6.63. The van der Waals surface area contributed by atoms with Gasteiger partial charge in [0.1, 0.15) is 5.82 Å². The molecule has 1 aliphatic heterocycles. The van der Waals surface area contributed by atoms with Crippen molar-refractivity contribution in [2.24, 2.45) is 0 Å². The van der Waals surface area contributed by atoms with Crippen LogP contribution in [-0.4, -0.2) is 30.6 Å². The summed E-state index contributed by atoms with van der Waals surface area (Å²) in [7, 11) is 2.15. The Bertz CT molecular complexity index is 516. The fourth-order valence-corrected chi connectivity index (χ4v) is 3.46. The summed E-state index contributed by atoms with van der Waals surface area (Å²) in [4.78, 5) is 2.29. The summed E-state index contributed by atoms with van der Waals surface area (Å²) in [5.74, 6) is 1.13. The quantitative estimate of drug-likeness (QED) is 0.921. The molecule has 1 fully saturated rings. The second kappa shape index (κ2) is 5.24. The number of nitrogens with one attached hydrogen (secondary N) is 1. The Hall–Kier alpha value is -1.13. The minimum Gasteiger partial charge on any atom is -0.357 e.